The van der Waals surface area contributed by atoms with Crippen molar-refractivity contribution >= 4 is 0 Å². The van der Waals surface area contributed by atoms with Crippen molar-refractivity contribution in [3.63, 3.8) is 0 Å². The first kappa shape index (κ1) is 15.5. The van der Waals surface area contributed by atoms with Crippen LogP contribution in [0.1, 0.15) is 17.5 Å². The van der Waals surface area contributed by atoms with Crippen LogP contribution in [0.5, 0.6) is 5.75 Å². The van der Waals surface area contributed by atoms with Crippen LogP contribution in [0, 0.1) is 0 Å². The maximum Gasteiger partial charge on any atom is 0.119 e. The molecule has 0 radical (unpaired) electrons. The van der Waals surface area contributed by atoms with Crippen molar-refractivity contribution in [3.05, 3.63) is 65.7 Å². The lowest BCUT2D eigenvalue weighted by atomic mass is 10.1. The van der Waals surface area contributed by atoms with Crippen molar-refractivity contribution in [1.29, 1.82) is 0 Å². The van der Waals surface area contributed by atoms with E-state index in [1.807, 2.05) is 30.3 Å². The predicted molar refractivity (Wildman–Crippen MR) is 85.4 cm³/mol. The zero-order valence-electron chi connectivity index (χ0n) is 12.3. The molecule has 0 saturated heterocycles. The van der Waals surface area contributed by atoms with E-state index >= 15 is 0 Å². The van der Waals surface area contributed by atoms with Crippen molar-refractivity contribution in [3.8, 4) is 5.75 Å². The highest BCUT2D eigenvalue weighted by molar-refractivity contribution is 5.28. The highest BCUT2D eigenvalue weighted by Crippen LogP contribution is 2.12. The molecule has 2 N–H and O–H groups in total. The molecule has 0 fully saturated rings. The second kappa shape index (κ2) is 9.16. The summed E-state index contributed by atoms with van der Waals surface area (Å²) >= 11 is 0. The Morgan fingerprint density at radius 3 is 2.43 bits per heavy atom. The molecule has 0 aromatic heterocycles. The SMILES string of the molecule is NCc1cccc(OCCOCCCc2ccccc2)c1. The Kier molecular flexibility index (Phi) is 6.78. The van der Waals surface area contributed by atoms with Crippen LogP contribution in [0.3, 0.4) is 0 Å². The van der Waals surface area contributed by atoms with E-state index in [1.165, 1.54) is 5.56 Å². The van der Waals surface area contributed by atoms with Crippen LogP contribution in [0.4, 0.5) is 0 Å². The van der Waals surface area contributed by atoms with Crippen molar-refractivity contribution in [1.82, 2.24) is 0 Å². The molecule has 0 aliphatic carbocycles. The Morgan fingerprint density at radius 1 is 0.810 bits per heavy atom. The first-order chi connectivity index (χ1) is 10.4. The quantitative estimate of drug-likeness (QED) is 0.720. The average Bonchev–Trinajstić information content (AvgIpc) is 2.55. The number of ether oxygens (including phenoxy) is 2. The van der Waals surface area contributed by atoms with E-state index in [-0.39, 0.29) is 0 Å². The molecule has 0 spiro atoms. The van der Waals surface area contributed by atoms with E-state index in [2.05, 4.69) is 24.3 Å². The zero-order chi connectivity index (χ0) is 14.8. The van der Waals surface area contributed by atoms with Gasteiger partial charge in [0.15, 0.2) is 0 Å². The molecule has 0 aliphatic heterocycles. The predicted octanol–water partition coefficient (Wildman–Crippen LogP) is 3.17. The minimum atomic E-state index is 0.535. The molecule has 112 valence electrons. The molecule has 0 aliphatic rings. The van der Waals surface area contributed by atoms with Crippen LogP contribution >= 0.6 is 0 Å². The summed E-state index contributed by atoms with van der Waals surface area (Å²) in [5.41, 5.74) is 8.03. The van der Waals surface area contributed by atoms with E-state index in [0.717, 1.165) is 30.8 Å². The topological polar surface area (TPSA) is 44.5 Å². The van der Waals surface area contributed by atoms with Crippen molar-refractivity contribution in [2.24, 2.45) is 5.73 Å². The van der Waals surface area contributed by atoms with Gasteiger partial charge in [-0.15, -0.1) is 0 Å². The number of hydrogen-bond donors (Lipinski definition) is 1. The largest absolute Gasteiger partial charge is 0.491 e. The zero-order valence-corrected chi connectivity index (χ0v) is 12.3. The standard InChI is InChI=1S/C18H23NO2/c19-15-17-8-4-10-18(14-17)21-13-12-20-11-5-9-16-6-2-1-3-7-16/h1-4,6-8,10,14H,5,9,11-13,15,19H2. The van der Waals surface area contributed by atoms with Crippen LogP contribution in [-0.4, -0.2) is 19.8 Å². The maximum atomic E-state index is 5.63. The van der Waals surface area contributed by atoms with Gasteiger partial charge in [-0.1, -0.05) is 42.5 Å². The molecule has 2 aromatic rings. The van der Waals surface area contributed by atoms with Gasteiger partial charge in [-0.25, -0.2) is 0 Å². The number of hydrogen-bond acceptors (Lipinski definition) is 3. The summed E-state index contributed by atoms with van der Waals surface area (Å²) in [6.07, 6.45) is 2.09. The molecular weight excluding hydrogens is 262 g/mol. The van der Waals surface area contributed by atoms with Crippen molar-refractivity contribution in [2.45, 2.75) is 19.4 Å². The number of rotatable bonds is 9. The maximum absolute atomic E-state index is 5.63. The minimum Gasteiger partial charge on any atom is -0.491 e. The van der Waals surface area contributed by atoms with Gasteiger partial charge < -0.3 is 15.2 Å². The van der Waals surface area contributed by atoms with Gasteiger partial charge in [0.2, 0.25) is 0 Å². The van der Waals surface area contributed by atoms with Gasteiger partial charge in [-0.3, -0.25) is 0 Å². The lowest BCUT2D eigenvalue weighted by Crippen LogP contribution is -2.08. The van der Waals surface area contributed by atoms with Gasteiger partial charge in [-0.05, 0) is 36.1 Å². The Morgan fingerprint density at radius 2 is 1.62 bits per heavy atom. The molecule has 2 aromatic carbocycles. The Hall–Kier alpha value is -1.84. The van der Waals surface area contributed by atoms with Crippen LogP contribution < -0.4 is 10.5 Å². The second-order valence-corrected chi connectivity index (χ2v) is 4.90. The first-order valence-corrected chi connectivity index (χ1v) is 7.42. The van der Waals surface area contributed by atoms with E-state index in [4.69, 9.17) is 15.2 Å². The third kappa shape index (κ3) is 5.98. The lowest BCUT2D eigenvalue weighted by Gasteiger charge is -2.08. The third-order valence-corrected chi connectivity index (χ3v) is 3.23. The molecule has 0 saturated carbocycles. The van der Waals surface area contributed by atoms with E-state index < -0.39 is 0 Å². The van der Waals surface area contributed by atoms with Gasteiger partial charge in [0.1, 0.15) is 12.4 Å². The van der Waals surface area contributed by atoms with Gasteiger partial charge in [0.05, 0.1) is 6.61 Å². The van der Waals surface area contributed by atoms with Crippen molar-refractivity contribution in [2.75, 3.05) is 19.8 Å². The first-order valence-electron chi connectivity index (χ1n) is 7.42. The summed E-state index contributed by atoms with van der Waals surface area (Å²) in [5.74, 6) is 0.853. The van der Waals surface area contributed by atoms with Gasteiger partial charge in [0, 0.05) is 13.2 Å². The molecule has 0 bridgehead atoms. The van der Waals surface area contributed by atoms with E-state index in [0.29, 0.717) is 19.8 Å². The van der Waals surface area contributed by atoms with Crippen molar-refractivity contribution < 1.29 is 9.47 Å². The highest BCUT2D eigenvalue weighted by atomic mass is 16.5. The highest BCUT2D eigenvalue weighted by Gasteiger charge is 1.96. The Balaban J connectivity index is 1.54. The molecule has 3 nitrogen and oxygen atoms in total. The van der Waals surface area contributed by atoms with E-state index in [1.54, 1.807) is 0 Å². The molecule has 0 unspecified atom stereocenters. The Bertz CT molecular complexity index is 514. The number of nitrogens with two attached hydrogens (primary N) is 1. The summed E-state index contributed by atoms with van der Waals surface area (Å²) in [6.45, 7) is 2.48. The molecule has 2 rings (SSSR count). The molecular formula is C18H23NO2. The Labute approximate surface area is 126 Å². The van der Waals surface area contributed by atoms with Crippen LogP contribution in [0.2, 0.25) is 0 Å². The number of aryl methyl sites for hydroxylation is 1. The molecule has 3 heteroatoms. The summed E-state index contributed by atoms with van der Waals surface area (Å²) in [4.78, 5) is 0. The van der Waals surface area contributed by atoms with Crippen LogP contribution in [0.15, 0.2) is 54.6 Å². The number of benzene rings is 2. The fraction of sp³-hybridized carbons (Fsp3) is 0.333. The third-order valence-electron chi connectivity index (χ3n) is 3.23. The minimum absolute atomic E-state index is 0.535. The monoisotopic (exact) mass is 285 g/mol. The van der Waals surface area contributed by atoms with Gasteiger partial charge in [0.25, 0.3) is 0 Å². The van der Waals surface area contributed by atoms with E-state index in [9.17, 15) is 0 Å². The van der Waals surface area contributed by atoms with Crippen LogP contribution in [-0.2, 0) is 17.7 Å². The molecule has 21 heavy (non-hydrogen) atoms. The fourth-order valence-electron chi connectivity index (χ4n) is 2.11. The lowest BCUT2D eigenvalue weighted by molar-refractivity contribution is 0.0985. The summed E-state index contributed by atoms with van der Waals surface area (Å²) in [7, 11) is 0. The fourth-order valence-corrected chi connectivity index (χ4v) is 2.11. The summed E-state index contributed by atoms with van der Waals surface area (Å²) < 4.78 is 11.2. The van der Waals surface area contributed by atoms with Gasteiger partial charge in [-0.2, -0.15) is 0 Å². The second-order valence-electron chi connectivity index (χ2n) is 4.90. The average molecular weight is 285 g/mol. The van der Waals surface area contributed by atoms with Crippen LogP contribution in [0.25, 0.3) is 0 Å². The smallest absolute Gasteiger partial charge is 0.119 e. The van der Waals surface area contributed by atoms with Gasteiger partial charge >= 0.3 is 0 Å². The molecule has 0 amide bonds. The molecule has 0 atom stereocenters. The summed E-state index contributed by atoms with van der Waals surface area (Å²) in [5, 5.41) is 0. The molecule has 0 heterocycles. The summed E-state index contributed by atoms with van der Waals surface area (Å²) in [6, 6.07) is 18.3. The normalized spacial score (nSPS) is 10.5.